The van der Waals surface area contributed by atoms with Gasteiger partial charge in [-0.25, -0.2) is 4.98 Å². The van der Waals surface area contributed by atoms with Gasteiger partial charge in [0.05, 0.1) is 12.8 Å². The lowest BCUT2D eigenvalue weighted by atomic mass is 10.2. The van der Waals surface area contributed by atoms with Gasteiger partial charge in [-0.1, -0.05) is 0 Å². The summed E-state index contributed by atoms with van der Waals surface area (Å²) in [5, 5.41) is 12.1. The molecule has 6 nitrogen and oxygen atoms in total. The summed E-state index contributed by atoms with van der Waals surface area (Å²) < 4.78 is 5.12. The van der Waals surface area contributed by atoms with Crippen molar-refractivity contribution in [1.82, 2.24) is 10.3 Å². The van der Waals surface area contributed by atoms with Gasteiger partial charge in [0, 0.05) is 18.5 Å². The second-order valence-corrected chi connectivity index (χ2v) is 5.91. The van der Waals surface area contributed by atoms with Crippen LogP contribution in [0, 0.1) is 6.92 Å². The van der Waals surface area contributed by atoms with Crippen LogP contribution < -0.4 is 10.1 Å². The van der Waals surface area contributed by atoms with Crippen LogP contribution >= 0.6 is 11.3 Å². The summed E-state index contributed by atoms with van der Waals surface area (Å²) in [6.45, 7) is 2.12. The van der Waals surface area contributed by atoms with Crippen LogP contribution in [0.15, 0.2) is 24.3 Å². The molecule has 0 saturated carbocycles. The molecule has 2 N–H and O–H groups in total. The highest BCUT2D eigenvalue weighted by atomic mass is 32.1. The Hall–Kier alpha value is -2.41. The molecule has 1 heterocycles. The third kappa shape index (κ3) is 4.53. The number of hydrogen-bond acceptors (Lipinski definition) is 5. The Bertz CT molecular complexity index is 695. The smallest absolute Gasteiger partial charge is 0.303 e. The average molecular weight is 334 g/mol. The van der Waals surface area contributed by atoms with Gasteiger partial charge in [-0.05, 0) is 37.6 Å². The van der Waals surface area contributed by atoms with E-state index < -0.39 is 5.97 Å². The number of aromatic nitrogens is 1. The van der Waals surface area contributed by atoms with Crippen LogP contribution in [0.1, 0.15) is 28.2 Å². The summed E-state index contributed by atoms with van der Waals surface area (Å²) in [4.78, 5) is 27.6. The molecule has 0 saturated heterocycles. The highest BCUT2D eigenvalue weighted by molar-refractivity contribution is 7.17. The topological polar surface area (TPSA) is 88.5 Å². The first-order chi connectivity index (χ1) is 11.0. The number of carboxylic acid groups (broad SMARTS) is 1. The molecule has 1 amide bonds. The molecule has 2 aromatic rings. The maximum atomic E-state index is 12.1. The highest BCUT2D eigenvalue weighted by Gasteiger charge is 2.16. The Morgan fingerprint density at radius 2 is 2.00 bits per heavy atom. The molecule has 122 valence electrons. The maximum absolute atomic E-state index is 12.1. The number of ether oxygens (including phenoxy) is 1. The summed E-state index contributed by atoms with van der Waals surface area (Å²) in [7, 11) is 1.61. The summed E-state index contributed by atoms with van der Waals surface area (Å²) in [6, 6.07) is 7.48. The Kier molecular flexibility index (Phi) is 5.70. The lowest BCUT2D eigenvalue weighted by Gasteiger charge is -2.02. The predicted octanol–water partition coefficient (Wildman–Crippen LogP) is 2.72. The SMILES string of the molecule is COc1ccc(-c2nc(C)c(C(=O)NCCCC(=O)O)s2)cc1. The van der Waals surface area contributed by atoms with E-state index >= 15 is 0 Å². The number of carbonyl (C=O) groups is 2. The van der Waals surface area contributed by atoms with E-state index in [1.807, 2.05) is 24.3 Å². The molecule has 7 heteroatoms. The molecule has 0 atom stereocenters. The minimum absolute atomic E-state index is 0.0407. The molecule has 0 aliphatic rings. The fourth-order valence-electron chi connectivity index (χ4n) is 1.99. The first-order valence-electron chi connectivity index (χ1n) is 7.13. The van der Waals surface area contributed by atoms with Crippen molar-refractivity contribution in [3.05, 3.63) is 34.8 Å². The van der Waals surface area contributed by atoms with Crippen molar-refractivity contribution in [3.8, 4) is 16.3 Å². The van der Waals surface area contributed by atoms with Gasteiger partial charge in [-0.15, -0.1) is 11.3 Å². The molecule has 0 aliphatic carbocycles. The van der Waals surface area contributed by atoms with Crippen LogP contribution in [-0.4, -0.2) is 35.6 Å². The molecule has 0 radical (unpaired) electrons. The summed E-state index contributed by atoms with van der Waals surface area (Å²) in [5.41, 5.74) is 1.58. The summed E-state index contributed by atoms with van der Waals surface area (Å²) >= 11 is 1.32. The average Bonchev–Trinajstić information content (AvgIpc) is 2.93. The number of aryl methyl sites for hydroxylation is 1. The van der Waals surface area contributed by atoms with Crippen molar-refractivity contribution in [2.45, 2.75) is 19.8 Å². The van der Waals surface area contributed by atoms with Gasteiger partial charge >= 0.3 is 5.97 Å². The monoisotopic (exact) mass is 334 g/mol. The molecule has 1 aromatic carbocycles. The van der Waals surface area contributed by atoms with Gasteiger partial charge in [0.25, 0.3) is 5.91 Å². The Morgan fingerprint density at radius 1 is 1.30 bits per heavy atom. The predicted molar refractivity (Wildman–Crippen MR) is 88.0 cm³/mol. The largest absolute Gasteiger partial charge is 0.497 e. The summed E-state index contributed by atoms with van der Waals surface area (Å²) in [6.07, 6.45) is 0.448. The zero-order valence-corrected chi connectivity index (χ0v) is 13.8. The third-order valence-corrected chi connectivity index (χ3v) is 4.40. The third-order valence-electron chi connectivity index (χ3n) is 3.19. The quantitative estimate of drug-likeness (QED) is 0.760. The number of carboxylic acids is 1. The molecular weight excluding hydrogens is 316 g/mol. The van der Waals surface area contributed by atoms with Crippen molar-refractivity contribution in [1.29, 1.82) is 0 Å². The number of aliphatic carboxylic acids is 1. The zero-order valence-electron chi connectivity index (χ0n) is 13.0. The Morgan fingerprint density at radius 3 is 2.61 bits per heavy atom. The van der Waals surface area contributed by atoms with Gasteiger partial charge in [-0.3, -0.25) is 9.59 Å². The number of amides is 1. The van der Waals surface area contributed by atoms with Crippen LogP contribution in [0.2, 0.25) is 0 Å². The molecule has 0 spiro atoms. The molecule has 0 unspecified atom stereocenters. The highest BCUT2D eigenvalue weighted by Crippen LogP contribution is 2.29. The van der Waals surface area contributed by atoms with Crippen molar-refractivity contribution in [3.63, 3.8) is 0 Å². The first kappa shape index (κ1) is 17.0. The van der Waals surface area contributed by atoms with Gasteiger partial charge in [0.2, 0.25) is 0 Å². The number of rotatable bonds is 7. The molecule has 1 aromatic heterocycles. The van der Waals surface area contributed by atoms with Crippen LogP contribution in [0.4, 0.5) is 0 Å². The number of nitrogens with one attached hydrogen (secondary N) is 1. The van der Waals surface area contributed by atoms with Crippen LogP contribution in [0.5, 0.6) is 5.75 Å². The minimum atomic E-state index is -0.866. The lowest BCUT2D eigenvalue weighted by molar-refractivity contribution is -0.137. The standard InChI is InChI=1S/C16H18N2O4S/c1-10-14(15(21)17-9-3-4-13(19)20)23-16(18-10)11-5-7-12(22-2)8-6-11/h5-8H,3-4,9H2,1-2H3,(H,17,21)(H,19,20). The van der Waals surface area contributed by atoms with Crippen LogP contribution in [0.3, 0.4) is 0 Å². The van der Waals surface area contributed by atoms with Crippen LogP contribution in [0.25, 0.3) is 10.6 Å². The van der Waals surface area contributed by atoms with Gasteiger partial charge in [-0.2, -0.15) is 0 Å². The second-order valence-electron chi connectivity index (χ2n) is 4.92. The van der Waals surface area contributed by atoms with Crippen molar-refractivity contribution >= 4 is 23.2 Å². The molecule has 23 heavy (non-hydrogen) atoms. The van der Waals surface area contributed by atoms with Crippen molar-refractivity contribution in [2.24, 2.45) is 0 Å². The van der Waals surface area contributed by atoms with E-state index in [-0.39, 0.29) is 12.3 Å². The van der Waals surface area contributed by atoms with E-state index in [9.17, 15) is 9.59 Å². The van der Waals surface area contributed by atoms with Crippen LogP contribution in [-0.2, 0) is 4.79 Å². The van der Waals surface area contributed by atoms with Gasteiger partial charge in [0.15, 0.2) is 0 Å². The molecule has 0 aliphatic heterocycles. The number of methoxy groups -OCH3 is 1. The van der Waals surface area contributed by atoms with Crippen molar-refractivity contribution in [2.75, 3.05) is 13.7 Å². The molecule has 2 rings (SSSR count). The molecule has 0 bridgehead atoms. The fourth-order valence-corrected chi connectivity index (χ4v) is 2.97. The lowest BCUT2D eigenvalue weighted by Crippen LogP contribution is -2.24. The number of nitrogens with zero attached hydrogens (tertiary/aromatic N) is 1. The first-order valence-corrected chi connectivity index (χ1v) is 7.94. The number of hydrogen-bond donors (Lipinski definition) is 2. The normalized spacial score (nSPS) is 10.3. The van der Waals surface area contributed by atoms with E-state index in [0.29, 0.717) is 23.5 Å². The van der Waals surface area contributed by atoms with E-state index in [1.54, 1.807) is 14.0 Å². The maximum Gasteiger partial charge on any atom is 0.303 e. The number of thiazole rings is 1. The van der Waals surface area contributed by atoms with E-state index in [1.165, 1.54) is 11.3 Å². The second kappa shape index (κ2) is 7.73. The van der Waals surface area contributed by atoms with E-state index in [4.69, 9.17) is 9.84 Å². The van der Waals surface area contributed by atoms with Gasteiger partial charge < -0.3 is 15.2 Å². The Labute approximate surface area is 138 Å². The number of carbonyl (C=O) groups excluding carboxylic acids is 1. The van der Waals surface area contributed by atoms with Gasteiger partial charge in [0.1, 0.15) is 15.6 Å². The molecule has 0 fully saturated rings. The van der Waals surface area contributed by atoms with E-state index in [2.05, 4.69) is 10.3 Å². The van der Waals surface area contributed by atoms with E-state index in [0.717, 1.165) is 16.3 Å². The zero-order chi connectivity index (χ0) is 16.8. The minimum Gasteiger partial charge on any atom is -0.497 e. The fraction of sp³-hybridized carbons (Fsp3) is 0.312. The Balaban J connectivity index is 2.04. The van der Waals surface area contributed by atoms with Crippen molar-refractivity contribution < 1.29 is 19.4 Å². The number of benzene rings is 1. The molecular formula is C16H18N2O4S. The summed E-state index contributed by atoms with van der Waals surface area (Å²) in [5.74, 6) is -0.321.